The molecule has 2 rings (SSSR count). The van der Waals surface area contributed by atoms with Crippen molar-refractivity contribution in [2.45, 2.75) is 13.3 Å². The molecule has 0 atom stereocenters. The summed E-state index contributed by atoms with van der Waals surface area (Å²) in [5, 5.41) is 5.15. The molecule has 0 spiro atoms. The Morgan fingerprint density at radius 2 is 1.56 bits per heavy atom. The van der Waals surface area contributed by atoms with Crippen molar-refractivity contribution in [1.29, 1.82) is 0 Å². The van der Waals surface area contributed by atoms with Gasteiger partial charge in [-0.15, -0.1) is 0 Å². The van der Waals surface area contributed by atoms with Crippen LogP contribution in [-0.4, -0.2) is 30.9 Å². The second-order valence-corrected chi connectivity index (χ2v) is 5.39. The van der Waals surface area contributed by atoms with Crippen molar-refractivity contribution in [3.63, 3.8) is 0 Å². The van der Waals surface area contributed by atoms with Gasteiger partial charge in [0.05, 0.1) is 6.42 Å². The lowest BCUT2D eigenvalue weighted by atomic mass is 10.1. The standard InChI is InChI=1S/C19H20N2O4/c1-14(22)20-12-11-19(24)25-13-18(23)21-17-9-7-16(8-10-17)15-5-3-2-4-6-15/h2-10H,11-13H2,1H3,(H,20,22)(H,21,23). The minimum absolute atomic E-state index is 0.0264. The van der Waals surface area contributed by atoms with E-state index in [1.54, 1.807) is 12.1 Å². The molecule has 6 heteroatoms. The number of rotatable bonds is 7. The molecular weight excluding hydrogens is 320 g/mol. The van der Waals surface area contributed by atoms with E-state index in [2.05, 4.69) is 10.6 Å². The quantitative estimate of drug-likeness (QED) is 0.758. The molecule has 0 aliphatic carbocycles. The molecule has 25 heavy (non-hydrogen) atoms. The number of ether oxygens (including phenoxy) is 1. The van der Waals surface area contributed by atoms with Crippen molar-refractivity contribution in [2.75, 3.05) is 18.5 Å². The molecule has 2 amide bonds. The lowest BCUT2D eigenvalue weighted by Crippen LogP contribution is -2.25. The summed E-state index contributed by atoms with van der Waals surface area (Å²) in [7, 11) is 0. The molecule has 0 radical (unpaired) electrons. The van der Waals surface area contributed by atoms with Gasteiger partial charge in [0.15, 0.2) is 6.61 Å². The number of anilines is 1. The van der Waals surface area contributed by atoms with E-state index in [1.165, 1.54) is 6.92 Å². The van der Waals surface area contributed by atoms with Crippen LogP contribution in [0.3, 0.4) is 0 Å². The average Bonchev–Trinajstić information content (AvgIpc) is 2.61. The Morgan fingerprint density at radius 1 is 0.920 bits per heavy atom. The first-order chi connectivity index (χ1) is 12.0. The number of hydrogen-bond acceptors (Lipinski definition) is 4. The van der Waals surface area contributed by atoms with Crippen molar-refractivity contribution in [3.8, 4) is 11.1 Å². The van der Waals surface area contributed by atoms with Crippen LogP contribution in [0.25, 0.3) is 11.1 Å². The predicted octanol–water partition coefficient (Wildman–Crippen LogP) is 2.36. The first-order valence-electron chi connectivity index (χ1n) is 7.90. The molecule has 0 heterocycles. The molecule has 0 fully saturated rings. The zero-order chi connectivity index (χ0) is 18.1. The summed E-state index contributed by atoms with van der Waals surface area (Å²) in [6.45, 7) is 1.19. The van der Waals surface area contributed by atoms with Crippen LogP contribution in [0.2, 0.25) is 0 Å². The van der Waals surface area contributed by atoms with Crippen molar-refractivity contribution in [3.05, 3.63) is 54.6 Å². The Labute approximate surface area is 146 Å². The predicted molar refractivity (Wildman–Crippen MR) is 94.8 cm³/mol. The molecule has 0 aromatic heterocycles. The maximum Gasteiger partial charge on any atom is 0.308 e. The lowest BCUT2D eigenvalue weighted by molar-refractivity contribution is -0.147. The van der Waals surface area contributed by atoms with Gasteiger partial charge in [-0.3, -0.25) is 14.4 Å². The largest absolute Gasteiger partial charge is 0.456 e. The van der Waals surface area contributed by atoms with E-state index in [-0.39, 0.29) is 25.5 Å². The van der Waals surface area contributed by atoms with Crippen LogP contribution in [0.4, 0.5) is 5.69 Å². The number of amides is 2. The molecule has 0 bridgehead atoms. The molecule has 0 unspecified atom stereocenters. The third kappa shape index (κ3) is 6.47. The van der Waals surface area contributed by atoms with E-state index in [1.807, 2.05) is 42.5 Å². The van der Waals surface area contributed by atoms with Gasteiger partial charge in [0.25, 0.3) is 5.91 Å². The molecule has 2 aromatic rings. The molecule has 0 saturated carbocycles. The third-order valence-corrected chi connectivity index (χ3v) is 3.34. The van der Waals surface area contributed by atoms with E-state index in [4.69, 9.17) is 4.74 Å². The highest BCUT2D eigenvalue weighted by molar-refractivity contribution is 5.93. The zero-order valence-corrected chi connectivity index (χ0v) is 14.0. The zero-order valence-electron chi connectivity index (χ0n) is 14.0. The Morgan fingerprint density at radius 3 is 2.20 bits per heavy atom. The van der Waals surface area contributed by atoms with Gasteiger partial charge in [0, 0.05) is 19.2 Å². The third-order valence-electron chi connectivity index (χ3n) is 3.34. The molecule has 0 aliphatic rings. The Hall–Kier alpha value is -3.15. The first kappa shape index (κ1) is 18.2. The van der Waals surface area contributed by atoms with E-state index in [0.29, 0.717) is 5.69 Å². The SMILES string of the molecule is CC(=O)NCCC(=O)OCC(=O)Nc1ccc(-c2ccccc2)cc1. The van der Waals surface area contributed by atoms with Crippen LogP contribution >= 0.6 is 0 Å². The summed E-state index contributed by atoms with van der Waals surface area (Å²) in [4.78, 5) is 33.9. The molecule has 2 aromatic carbocycles. The average molecular weight is 340 g/mol. The van der Waals surface area contributed by atoms with E-state index < -0.39 is 11.9 Å². The number of esters is 1. The minimum atomic E-state index is -0.539. The molecule has 130 valence electrons. The van der Waals surface area contributed by atoms with Crippen LogP contribution in [-0.2, 0) is 19.1 Å². The second-order valence-electron chi connectivity index (χ2n) is 5.39. The Bertz CT molecular complexity index is 727. The van der Waals surface area contributed by atoms with E-state index in [0.717, 1.165) is 11.1 Å². The molecule has 2 N–H and O–H groups in total. The summed E-state index contributed by atoms with van der Waals surface area (Å²) < 4.78 is 4.85. The highest BCUT2D eigenvalue weighted by atomic mass is 16.5. The molecule has 0 aliphatic heterocycles. The fourth-order valence-corrected chi connectivity index (χ4v) is 2.13. The van der Waals surface area contributed by atoms with Crippen molar-refractivity contribution in [2.24, 2.45) is 0 Å². The molecule has 6 nitrogen and oxygen atoms in total. The monoisotopic (exact) mass is 340 g/mol. The summed E-state index contributed by atoms with van der Waals surface area (Å²) in [6.07, 6.45) is 0.0264. The van der Waals surface area contributed by atoms with Crippen LogP contribution in [0, 0.1) is 0 Å². The number of hydrogen-bond donors (Lipinski definition) is 2. The van der Waals surface area contributed by atoms with Gasteiger partial charge >= 0.3 is 5.97 Å². The van der Waals surface area contributed by atoms with Crippen molar-refractivity contribution >= 4 is 23.5 Å². The molecular formula is C19H20N2O4. The fraction of sp³-hybridized carbons (Fsp3) is 0.211. The first-order valence-corrected chi connectivity index (χ1v) is 7.90. The smallest absolute Gasteiger partial charge is 0.308 e. The van der Waals surface area contributed by atoms with E-state index in [9.17, 15) is 14.4 Å². The number of benzene rings is 2. The van der Waals surface area contributed by atoms with Crippen LogP contribution in [0.1, 0.15) is 13.3 Å². The summed E-state index contributed by atoms with van der Waals surface area (Å²) >= 11 is 0. The highest BCUT2D eigenvalue weighted by Crippen LogP contribution is 2.20. The van der Waals surface area contributed by atoms with Crippen molar-refractivity contribution in [1.82, 2.24) is 5.32 Å². The summed E-state index contributed by atoms with van der Waals surface area (Å²) in [6, 6.07) is 17.3. The number of carbonyl (C=O) groups is 3. The minimum Gasteiger partial charge on any atom is -0.456 e. The van der Waals surface area contributed by atoms with Crippen LogP contribution in [0.15, 0.2) is 54.6 Å². The van der Waals surface area contributed by atoms with E-state index >= 15 is 0 Å². The van der Waals surface area contributed by atoms with Gasteiger partial charge in [0.2, 0.25) is 5.91 Å². The maximum atomic E-state index is 11.8. The van der Waals surface area contributed by atoms with Gasteiger partial charge in [-0.25, -0.2) is 0 Å². The normalized spacial score (nSPS) is 9.96. The maximum absolute atomic E-state index is 11.8. The lowest BCUT2D eigenvalue weighted by Gasteiger charge is -2.08. The van der Waals surface area contributed by atoms with Gasteiger partial charge in [-0.1, -0.05) is 42.5 Å². The topological polar surface area (TPSA) is 84.5 Å². The van der Waals surface area contributed by atoms with Gasteiger partial charge in [-0.05, 0) is 23.3 Å². The Kier molecular flexibility index (Phi) is 6.71. The Balaban J connectivity index is 1.77. The van der Waals surface area contributed by atoms with Gasteiger partial charge in [0.1, 0.15) is 0 Å². The summed E-state index contributed by atoms with van der Waals surface area (Å²) in [5.41, 5.74) is 2.76. The van der Waals surface area contributed by atoms with Crippen LogP contribution < -0.4 is 10.6 Å². The highest BCUT2D eigenvalue weighted by Gasteiger charge is 2.08. The van der Waals surface area contributed by atoms with Gasteiger partial charge in [-0.2, -0.15) is 0 Å². The van der Waals surface area contributed by atoms with Crippen molar-refractivity contribution < 1.29 is 19.1 Å². The van der Waals surface area contributed by atoms with Crippen LogP contribution in [0.5, 0.6) is 0 Å². The summed E-state index contributed by atoms with van der Waals surface area (Å²) in [5.74, 6) is -1.17. The second kappa shape index (κ2) is 9.22. The fourth-order valence-electron chi connectivity index (χ4n) is 2.13. The van der Waals surface area contributed by atoms with Gasteiger partial charge < -0.3 is 15.4 Å². The molecule has 0 saturated heterocycles. The number of nitrogens with one attached hydrogen (secondary N) is 2. The number of carbonyl (C=O) groups excluding carboxylic acids is 3.